The van der Waals surface area contributed by atoms with Gasteiger partial charge in [0.05, 0.1) is 6.61 Å². The van der Waals surface area contributed by atoms with Gasteiger partial charge in [-0.15, -0.1) is 0 Å². The lowest BCUT2D eigenvalue weighted by molar-refractivity contribution is -0.297. The molecule has 1 aliphatic heterocycles. The molecule has 4 N–H and O–H groups in total. The molecule has 70 heavy (non-hydrogen) atoms. The molecule has 0 spiro atoms. The minimum absolute atomic E-state index is 0.167. The zero-order chi connectivity index (χ0) is 51.2. The standard InChI is InChI=1S/C57H108O12S/c1-3-5-7-9-11-13-15-17-19-21-23-24-25-26-28-29-31-33-35-37-39-41-43-45-52(58)66-47-50(48-67-57-56(62)55(61)54(60)51(69-57)49-70(63,64)65)68-53(59)46-44-42-40-38-36-34-32-30-27-22-20-18-16-14-12-10-8-6-4-2/h18,20,50-51,54-57,60-62H,3-17,19,21-49H2,1-2H3,(H,63,64,65)/b20-18-. The van der Waals surface area contributed by atoms with Crippen molar-refractivity contribution in [1.82, 2.24) is 0 Å². The van der Waals surface area contributed by atoms with Gasteiger partial charge in [-0.1, -0.05) is 244 Å². The highest BCUT2D eigenvalue weighted by atomic mass is 32.2. The molecule has 0 aliphatic carbocycles. The fourth-order valence-corrected chi connectivity index (χ4v) is 10.0. The number of rotatable bonds is 51. The fraction of sp³-hybridized carbons (Fsp3) is 0.930. The molecule has 1 fully saturated rings. The number of carbonyl (C=O) groups is 2. The highest BCUT2D eigenvalue weighted by Gasteiger charge is 2.46. The van der Waals surface area contributed by atoms with Crippen LogP contribution in [0.1, 0.15) is 284 Å². The highest BCUT2D eigenvalue weighted by Crippen LogP contribution is 2.24. The summed E-state index contributed by atoms with van der Waals surface area (Å²) in [5.74, 6) is -1.96. The molecular formula is C57H108O12S. The van der Waals surface area contributed by atoms with E-state index in [1.807, 2.05) is 0 Å². The molecule has 0 saturated carbocycles. The summed E-state index contributed by atoms with van der Waals surface area (Å²) in [5, 5.41) is 31.1. The molecular weight excluding hydrogens is 909 g/mol. The lowest BCUT2D eigenvalue weighted by atomic mass is 10.00. The number of esters is 2. The molecule has 0 aromatic rings. The summed E-state index contributed by atoms with van der Waals surface area (Å²) >= 11 is 0. The van der Waals surface area contributed by atoms with E-state index in [2.05, 4.69) is 26.0 Å². The van der Waals surface area contributed by atoms with Gasteiger partial charge in [0, 0.05) is 12.8 Å². The Labute approximate surface area is 428 Å². The SMILES string of the molecule is CCCCCCCC/C=C\CCCCCCCCCCCC(=O)OC(COC(=O)CCCCCCCCCCCCCCCCCCCCCCCCC)COC1OC(CS(=O)(=O)O)C(O)C(O)C1O. The molecule has 6 unspecified atom stereocenters. The van der Waals surface area contributed by atoms with E-state index in [1.54, 1.807) is 0 Å². The van der Waals surface area contributed by atoms with Crippen molar-refractivity contribution in [3.63, 3.8) is 0 Å². The van der Waals surface area contributed by atoms with Crippen LogP contribution in [0, 0.1) is 0 Å². The van der Waals surface area contributed by atoms with Crippen LogP contribution in [0.25, 0.3) is 0 Å². The normalized spacial score (nSPS) is 19.0. The number of allylic oxidation sites excluding steroid dienone is 2. The Morgan fingerprint density at radius 3 is 1.19 bits per heavy atom. The molecule has 12 nitrogen and oxygen atoms in total. The first-order valence-corrected chi connectivity index (χ1v) is 30.9. The van der Waals surface area contributed by atoms with Crippen LogP contribution in [0.2, 0.25) is 0 Å². The number of carbonyl (C=O) groups excluding carboxylic acids is 2. The van der Waals surface area contributed by atoms with Gasteiger partial charge in [0.1, 0.15) is 36.8 Å². The van der Waals surface area contributed by atoms with E-state index in [4.69, 9.17) is 18.9 Å². The third-order valence-corrected chi connectivity index (χ3v) is 14.6. The van der Waals surface area contributed by atoms with E-state index >= 15 is 0 Å². The molecule has 0 bridgehead atoms. The van der Waals surface area contributed by atoms with Gasteiger partial charge in [-0.05, 0) is 38.5 Å². The zero-order valence-electron chi connectivity index (χ0n) is 44.9. The molecule has 1 saturated heterocycles. The van der Waals surface area contributed by atoms with Crippen molar-refractivity contribution >= 4 is 22.1 Å². The Hall–Kier alpha value is -1.61. The summed E-state index contributed by atoms with van der Waals surface area (Å²) in [4.78, 5) is 25.6. The minimum atomic E-state index is -4.60. The van der Waals surface area contributed by atoms with Gasteiger partial charge in [-0.25, -0.2) is 0 Å². The summed E-state index contributed by atoms with van der Waals surface area (Å²) in [6.45, 7) is 3.82. The van der Waals surface area contributed by atoms with Gasteiger partial charge in [0.25, 0.3) is 10.1 Å². The quantitative estimate of drug-likeness (QED) is 0.0196. The molecule has 1 aliphatic rings. The Morgan fingerprint density at radius 2 is 0.814 bits per heavy atom. The fourth-order valence-electron chi connectivity index (χ4n) is 9.32. The first-order valence-electron chi connectivity index (χ1n) is 29.2. The highest BCUT2D eigenvalue weighted by molar-refractivity contribution is 7.85. The Bertz CT molecular complexity index is 1330. The molecule has 1 heterocycles. The summed E-state index contributed by atoms with van der Waals surface area (Å²) in [5.41, 5.74) is 0. The Kier molecular flexibility index (Phi) is 44.7. The van der Waals surface area contributed by atoms with Crippen molar-refractivity contribution < 1.29 is 56.8 Å². The smallest absolute Gasteiger partial charge is 0.306 e. The number of aliphatic hydroxyl groups excluding tert-OH is 3. The minimum Gasteiger partial charge on any atom is -0.462 e. The summed E-state index contributed by atoms with van der Waals surface area (Å²) in [6, 6.07) is 0. The predicted molar refractivity (Wildman–Crippen MR) is 284 cm³/mol. The van der Waals surface area contributed by atoms with E-state index in [0.717, 1.165) is 38.5 Å². The van der Waals surface area contributed by atoms with Crippen LogP contribution < -0.4 is 0 Å². The lowest BCUT2D eigenvalue weighted by Crippen LogP contribution is -2.60. The summed E-state index contributed by atoms with van der Waals surface area (Å²) < 4.78 is 54.4. The average molecular weight is 1020 g/mol. The van der Waals surface area contributed by atoms with E-state index < -0.39 is 71.2 Å². The van der Waals surface area contributed by atoms with E-state index in [-0.39, 0.29) is 19.4 Å². The van der Waals surface area contributed by atoms with Crippen LogP contribution in [0.5, 0.6) is 0 Å². The van der Waals surface area contributed by atoms with Crippen LogP contribution in [-0.4, -0.2) is 96.0 Å². The second kappa shape index (κ2) is 47.1. The maximum absolute atomic E-state index is 12.9. The van der Waals surface area contributed by atoms with Crippen molar-refractivity contribution in [2.45, 2.75) is 320 Å². The van der Waals surface area contributed by atoms with Gasteiger partial charge >= 0.3 is 11.9 Å². The largest absolute Gasteiger partial charge is 0.462 e. The van der Waals surface area contributed by atoms with E-state index in [1.165, 1.54) is 205 Å². The van der Waals surface area contributed by atoms with Crippen molar-refractivity contribution in [3.05, 3.63) is 12.2 Å². The first-order chi connectivity index (χ1) is 34.0. The predicted octanol–water partition coefficient (Wildman–Crippen LogP) is 14.1. The summed E-state index contributed by atoms with van der Waals surface area (Å²) in [6.07, 6.45) is 45.4. The van der Waals surface area contributed by atoms with Gasteiger partial charge in [0.2, 0.25) is 0 Å². The second-order valence-corrected chi connectivity index (χ2v) is 22.2. The monoisotopic (exact) mass is 1020 g/mol. The zero-order valence-corrected chi connectivity index (χ0v) is 45.7. The van der Waals surface area contributed by atoms with Crippen molar-refractivity contribution in [1.29, 1.82) is 0 Å². The summed E-state index contributed by atoms with van der Waals surface area (Å²) in [7, 11) is -4.60. The van der Waals surface area contributed by atoms with Gasteiger partial charge in [-0.3, -0.25) is 14.1 Å². The Morgan fingerprint density at radius 1 is 0.471 bits per heavy atom. The number of aliphatic hydroxyl groups is 3. The maximum atomic E-state index is 12.9. The number of ether oxygens (including phenoxy) is 4. The van der Waals surface area contributed by atoms with Crippen LogP contribution >= 0.6 is 0 Å². The molecule has 0 aromatic heterocycles. The molecule has 414 valence electrons. The van der Waals surface area contributed by atoms with E-state index in [9.17, 15) is 37.9 Å². The molecule has 0 amide bonds. The van der Waals surface area contributed by atoms with Crippen LogP contribution in [0.3, 0.4) is 0 Å². The van der Waals surface area contributed by atoms with Crippen molar-refractivity contribution in [3.8, 4) is 0 Å². The third-order valence-electron chi connectivity index (χ3n) is 13.8. The number of unbranched alkanes of at least 4 members (excludes halogenated alkanes) is 37. The van der Waals surface area contributed by atoms with Crippen LogP contribution in [-0.2, 0) is 38.7 Å². The van der Waals surface area contributed by atoms with Gasteiger partial charge < -0.3 is 34.3 Å². The van der Waals surface area contributed by atoms with Crippen molar-refractivity contribution in [2.24, 2.45) is 0 Å². The van der Waals surface area contributed by atoms with Crippen LogP contribution in [0.4, 0.5) is 0 Å². The second-order valence-electron chi connectivity index (χ2n) is 20.7. The molecule has 0 radical (unpaired) electrons. The maximum Gasteiger partial charge on any atom is 0.306 e. The number of hydrogen-bond donors (Lipinski definition) is 4. The molecule has 13 heteroatoms. The Balaban J connectivity index is 2.28. The topological polar surface area (TPSA) is 186 Å². The molecule has 0 aromatic carbocycles. The molecule has 1 rings (SSSR count). The third kappa shape index (κ3) is 40.8. The van der Waals surface area contributed by atoms with Gasteiger partial charge in [-0.2, -0.15) is 8.42 Å². The van der Waals surface area contributed by atoms with Crippen molar-refractivity contribution in [2.75, 3.05) is 19.0 Å². The van der Waals surface area contributed by atoms with E-state index in [0.29, 0.717) is 12.8 Å². The molecule has 6 atom stereocenters. The van der Waals surface area contributed by atoms with Gasteiger partial charge in [0.15, 0.2) is 12.4 Å². The van der Waals surface area contributed by atoms with Crippen LogP contribution in [0.15, 0.2) is 12.2 Å². The number of hydrogen-bond acceptors (Lipinski definition) is 11. The lowest BCUT2D eigenvalue weighted by Gasteiger charge is -2.40. The first kappa shape index (κ1) is 66.4. The average Bonchev–Trinajstić information content (AvgIpc) is 3.33.